The Bertz CT molecular complexity index is 439. The van der Waals surface area contributed by atoms with Crippen LogP contribution in [0.1, 0.15) is 51.5 Å². The van der Waals surface area contributed by atoms with Crippen molar-refractivity contribution in [2.75, 3.05) is 20.2 Å². The number of nitrogens with two attached hydrogens (primary N) is 1. The zero-order valence-corrected chi connectivity index (χ0v) is 13.8. The van der Waals surface area contributed by atoms with Crippen molar-refractivity contribution in [3.63, 3.8) is 0 Å². The first kappa shape index (κ1) is 16.3. The van der Waals surface area contributed by atoms with Gasteiger partial charge in [0.25, 0.3) is 0 Å². The van der Waals surface area contributed by atoms with Crippen LogP contribution in [0, 0.1) is 0 Å². The number of hydrogen-bond donors (Lipinski definition) is 1. The fraction of sp³-hybridized carbons (Fsp3) is 0.667. The normalized spacial score (nSPS) is 20.2. The highest BCUT2D eigenvalue weighted by atomic mass is 16.5. The van der Waals surface area contributed by atoms with Crippen LogP contribution in [0.4, 0.5) is 0 Å². The number of likely N-dealkylation sites (tertiary alicyclic amines) is 1. The molecule has 1 heterocycles. The fourth-order valence-corrected chi connectivity index (χ4v) is 3.46. The average molecular weight is 290 g/mol. The van der Waals surface area contributed by atoms with E-state index in [-0.39, 0.29) is 5.54 Å². The molecule has 0 saturated carbocycles. The summed E-state index contributed by atoms with van der Waals surface area (Å²) in [6, 6.07) is 8.66. The second-order valence-electron chi connectivity index (χ2n) is 6.42. The van der Waals surface area contributed by atoms with E-state index in [1.165, 1.54) is 50.8 Å². The summed E-state index contributed by atoms with van der Waals surface area (Å²) in [7, 11) is 1.71. The highest BCUT2D eigenvalue weighted by Crippen LogP contribution is 2.32. The molecule has 0 aliphatic carbocycles. The van der Waals surface area contributed by atoms with Gasteiger partial charge in [-0.2, -0.15) is 0 Å². The van der Waals surface area contributed by atoms with Gasteiger partial charge in [-0.15, -0.1) is 0 Å². The molecule has 0 radical (unpaired) electrons. The minimum atomic E-state index is -0.339. The Morgan fingerprint density at radius 3 is 2.67 bits per heavy atom. The molecule has 118 valence electrons. The van der Waals surface area contributed by atoms with Crippen LogP contribution in [0.3, 0.4) is 0 Å². The van der Waals surface area contributed by atoms with E-state index in [9.17, 15) is 0 Å². The molecule has 1 aromatic carbocycles. The first-order valence-corrected chi connectivity index (χ1v) is 8.27. The Morgan fingerprint density at radius 1 is 1.33 bits per heavy atom. The third-order valence-electron chi connectivity index (χ3n) is 4.80. The summed E-state index contributed by atoms with van der Waals surface area (Å²) in [6.07, 6.45) is 6.23. The van der Waals surface area contributed by atoms with Crippen LogP contribution in [-0.4, -0.2) is 31.1 Å². The van der Waals surface area contributed by atoms with Gasteiger partial charge in [0, 0.05) is 6.04 Å². The van der Waals surface area contributed by atoms with Gasteiger partial charge in [0.05, 0.1) is 12.6 Å². The molecule has 2 N–H and O–H groups in total. The van der Waals surface area contributed by atoms with Crippen LogP contribution < -0.4 is 10.5 Å². The SMILES string of the molecule is CCCCC(N1CCCC1)C(C)(N)c1cccc(OC)c1. The molecule has 0 bridgehead atoms. The van der Waals surface area contributed by atoms with E-state index < -0.39 is 0 Å². The van der Waals surface area contributed by atoms with Crippen LogP contribution in [-0.2, 0) is 5.54 Å². The van der Waals surface area contributed by atoms with E-state index in [4.69, 9.17) is 10.5 Å². The quantitative estimate of drug-likeness (QED) is 0.835. The predicted octanol–water partition coefficient (Wildman–Crippen LogP) is 3.52. The predicted molar refractivity (Wildman–Crippen MR) is 88.7 cm³/mol. The van der Waals surface area contributed by atoms with E-state index in [1.54, 1.807) is 7.11 Å². The second kappa shape index (κ2) is 7.28. The molecule has 21 heavy (non-hydrogen) atoms. The maximum Gasteiger partial charge on any atom is 0.119 e. The Kier molecular flexibility index (Phi) is 5.65. The van der Waals surface area contributed by atoms with Gasteiger partial charge in [-0.05, 0) is 57.0 Å². The van der Waals surface area contributed by atoms with Crippen molar-refractivity contribution in [2.45, 2.75) is 57.5 Å². The highest BCUT2D eigenvalue weighted by molar-refractivity contribution is 5.34. The number of unbranched alkanes of at least 4 members (excludes halogenated alkanes) is 1. The van der Waals surface area contributed by atoms with Gasteiger partial charge < -0.3 is 10.5 Å². The molecular weight excluding hydrogens is 260 g/mol. The minimum absolute atomic E-state index is 0.339. The summed E-state index contributed by atoms with van der Waals surface area (Å²) >= 11 is 0. The standard InChI is InChI=1S/C18H30N2O/c1-4-5-11-17(20-12-6-7-13-20)18(2,19)15-9-8-10-16(14-15)21-3/h8-10,14,17H,4-7,11-13,19H2,1-3H3. The van der Waals surface area contributed by atoms with E-state index in [2.05, 4.69) is 30.9 Å². The zero-order valence-electron chi connectivity index (χ0n) is 13.8. The summed E-state index contributed by atoms with van der Waals surface area (Å²) in [5.41, 5.74) is 7.67. The Labute approximate surface area is 129 Å². The Balaban J connectivity index is 2.25. The molecule has 0 spiro atoms. The van der Waals surface area contributed by atoms with Crippen molar-refractivity contribution < 1.29 is 4.74 Å². The van der Waals surface area contributed by atoms with Crippen molar-refractivity contribution in [3.8, 4) is 5.75 Å². The summed E-state index contributed by atoms with van der Waals surface area (Å²) in [5, 5.41) is 0. The number of ether oxygens (including phenoxy) is 1. The molecule has 3 heteroatoms. The molecule has 0 aromatic heterocycles. The average Bonchev–Trinajstić information content (AvgIpc) is 3.01. The number of benzene rings is 1. The smallest absolute Gasteiger partial charge is 0.119 e. The lowest BCUT2D eigenvalue weighted by Gasteiger charge is -2.41. The second-order valence-corrected chi connectivity index (χ2v) is 6.42. The number of methoxy groups -OCH3 is 1. The van der Waals surface area contributed by atoms with Crippen molar-refractivity contribution in [1.29, 1.82) is 0 Å². The number of nitrogens with zero attached hydrogens (tertiary/aromatic N) is 1. The van der Waals surface area contributed by atoms with Gasteiger partial charge in [-0.25, -0.2) is 0 Å². The lowest BCUT2D eigenvalue weighted by molar-refractivity contribution is 0.144. The largest absolute Gasteiger partial charge is 0.497 e. The lowest BCUT2D eigenvalue weighted by Crippen LogP contribution is -2.53. The van der Waals surface area contributed by atoms with Crippen LogP contribution in [0.25, 0.3) is 0 Å². The Hall–Kier alpha value is -1.06. The van der Waals surface area contributed by atoms with E-state index >= 15 is 0 Å². The van der Waals surface area contributed by atoms with Crippen LogP contribution in [0.15, 0.2) is 24.3 Å². The summed E-state index contributed by atoms with van der Waals surface area (Å²) in [4.78, 5) is 2.59. The van der Waals surface area contributed by atoms with Gasteiger partial charge in [0.15, 0.2) is 0 Å². The van der Waals surface area contributed by atoms with Crippen molar-refractivity contribution >= 4 is 0 Å². The molecular formula is C18H30N2O. The number of rotatable bonds is 7. The monoisotopic (exact) mass is 290 g/mol. The summed E-state index contributed by atoms with van der Waals surface area (Å²) in [5.74, 6) is 0.889. The molecule has 2 atom stereocenters. The third kappa shape index (κ3) is 3.78. The maximum atomic E-state index is 6.83. The van der Waals surface area contributed by atoms with E-state index in [1.807, 2.05) is 12.1 Å². The van der Waals surface area contributed by atoms with E-state index in [0.29, 0.717) is 6.04 Å². The zero-order chi connectivity index (χ0) is 15.3. The Morgan fingerprint density at radius 2 is 2.05 bits per heavy atom. The van der Waals surface area contributed by atoms with Crippen molar-refractivity contribution in [3.05, 3.63) is 29.8 Å². The van der Waals surface area contributed by atoms with Gasteiger partial charge in [-0.3, -0.25) is 4.90 Å². The van der Waals surface area contributed by atoms with Crippen LogP contribution in [0.5, 0.6) is 5.75 Å². The molecule has 1 aliphatic heterocycles. The fourth-order valence-electron chi connectivity index (χ4n) is 3.46. The van der Waals surface area contributed by atoms with E-state index in [0.717, 1.165) is 5.75 Å². The summed E-state index contributed by atoms with van der Waals surface area (Å²) in [6.45, 7) is 6.80. The van der Waals surface area contributed by atoms with Crippen molar-refractivity contribution in [1.82, 2.24) is 4.90 Å². The van der Waals surface area contributed by atoms with Gasteiger partial charge >= 0.3 is 0 Å². The van der Waals surface area contributed by atoms with Gasteiger partial charge in [0.2, 0.25) is 0 Å². The molecule has 2 rings (SSSR count). The van der Waals surface area contributed by atoms with Gasteiger partial charge in [0.1, 0.15) is 5.75 Å². The molecule has 1 aliphatic rings. The lowest BCUT2D eigenvalue weighted by atomic mass is 9.82. The van der Waals surface area contributed by atoms with Gasteiger partial charge in [-0.1, -0.05) is 31.9 Å². The number of hydrogen-bond acceptors (Lipinski definition) is 3. The molecule has 1 saturated heterocycles. The van der Waals surface area contributed by atoms with Crippen LogP contribution >= 0.6 is 0 Å². The molecule has 0 amide bonds. The first-order chi connectivity index (χ1) is 10.1. The molecule has 3 nitrogen and oxygen atoms in total. The minimum Gasteiger partial charge on any atom is -0.497 e. The van der Waals surface area contributed by atoms with Crippen LogP contribution in [0.2, 0.25) is 0 Å². The third-order valence-corrected chi connectivity index (χ3v) is 4.80. The molecule has 2 unspecified atom stereocenters. The summed E-state index contributed by atoms with van der Waals surface area (Å²) < 4.78 is 5.37. The molecule has 1 fully saturated rings. The molecule has 1 aromatic rings. The maximum absolute atomic E-state index is 6.83. The highest BCUT2D eigenvalue weighted by Gasteiger charge is 2.36. The van der Waals surface area contributed by atoms with Crippen molar-refractivity contribution in [2.24, 2.45) is 5.73 Å². The topological polar surface area (TPSA) is 38.5 Å². The first-order valence-electron chi connectivity index (χ1n) is 8.27.